The van der Waals surface area contributed by atoms with Crippen LogP contribution >= 0.6 is 0 Å². The van der Waals surface area contributed by atoms with Gasteiger partial charge in [0.2, 0.25) is 0 Å². The average Bonchev–Trinajstić information content (AvgIpc) is 3.13. The number of ether oxygens (including phenoxy) is 1. The van der Waals surface area contributed by atoms with E-state index in [2.05, 4.69) is 15.3 Å². The summed E-state index contributed by atoms with van der Waals surface area (Å²) in [5, 5.41) is 2.76. The van der Waals surface area contributed by atoms with E-state index in [4.69, 9.17) is 4.74 Å². The molecule has 1 aromatic carbocycles. The second-order valence-corrected chi connectivity index (χ2v) is 5.63. The van der Waals surface area contributed by atoms with Crippen molar-refractivity contribution in [1.29, 1.82) is 0 Å². The van der Waals surface area contributed by atoms with Crippen LogP contribution in [0.2, 0.25) is 0 Å². The smallest absolute Gasteiger partial charge is 0.258 e. The summed E-state index contributed by atoms with van der Waals surface area (Å²) in [6, 6.07) is 9.71. The van der Waals surface area contributed by atoms with Crippen molar-refractivity contribution in [2.24, 2.45) is 0 Å². The van der Waals surface area contributed by atoms with Crippen molar-refractivity contribution in [3.63, 3.8) is 0 Å². The van der Waals surface area contributed by atoms with E-state index in [1.807, 2.05) is 6.07 Å². The fourth-order valence-electron chi connectivity index (χ4n) is 2.86. The normalized spacial score (nSPS) is 12.4. The third kappa shape index (κ3) is 2.94. The van der Waals surface area contributed by atoms with Crippen LogP contribution in [0.1, 0.15) is 15.9 Å². The van der Waals surface area contributed by atoms with E-state index in [0.717, 1.165) is 16.7 Å². The first-order valence-electron chi connectivity index (χ1n) is 7.84. The van der Waals surface area contributed by atoms with Crippen LogP contribution in [0.15, 0.2) is 55.0 Å². The molecule has 0 saturated carbocycles. The van der Waals surface area contributed by atoms with Crippen molar-refractivity contribution < 1.29 is 13.9 Å². The molecule has 1 aliphatic heterocycles. The van der Waals surface area contributed by atoms with Gasteiger partial charge < -0.3 is 10.1 Å². The van der Waals surface area contributed by atoms with Crippen molar-refractivity contribution in [2.45, 2.75) is 6.42 Å². The van der Waals surface area contributed by atoms with Gasteiger partial charge in [-0.3, -0.25) is 9.78 Å². The molecule has 0 fully saturated rings. The molecule has 0 unspecified atom stereocenters. The molecule has 25 heavy (non-hydrogen) atoms. The molecule has 4 rings (SSSR count). The number of fused-ring (bicyclic) bond motifs is 1. The van der Waals surface area contributed by atoms with Gasteiger partial charge in [0.15, 0.2) is 11.6 Å². The van der Waals surface area contributed by atoms with E-state index >= 15 is 0 Å². The first-order valence-corrected chi connectivity index (χ1v) is 7.84. The second kappa shape index (κ2) is 6.32. The summed E-state index contributed by atoms with van der Waals surface area (Å²) in [6.07, 6.45) is 5.40. The number of nitrogens with zero attached hydrogens (tertiary/aromatic N) is 2. The number of hydrogen-bond acceptors (Lipinski definition) is 4. The maximum atomic E-state index is 13.5. The number of rotatable bonds is 3. The van der Waals surface area contributed by atoms with E-state index in [0.29, 0.717) is 30.2 Å². The standard InChI is InChI=1S/C19H14FN3O2/c20-14-5-1-3-12(9-14)16-11-22-18(17-15(16)6-8-25-17)23-19(24)13-4-2-7-21-10-13/h1-5,7,9-11H,6,8H2,(H,22,23,24). The van der Waals surface area contributed by atoms with Gasteiger partial charge in [0.25, 0.3) is 5.91 Å². The highest BCUT2D eigenvalue weighted by Gasteiger charge is 2.23. The predicted octanol–water partition coefficient (Wildman–Crippen LogP) is 3.47. The van der Waals surface area contributed by atoms with Gasteiger partial charge in [0, 0.05) is 36.1 Å². The maximum absolute atomic E-state index is 13.5. The highest BCUT2D eigenvalue weighted by Crippen LogP contribution is 2.39. The molecule has 2 aromatic heterocycles. The van der Waals surface area contributed by atoms with Gasteiger partial charge in [-0.05, 0) is 29.8 Å². The molecule has 0 radical (unpaired) electrons. The van der Waals surface area contributed by atoms with E-state index < -0.39 is 0 Å². The fraction of sp³-hybridized carbons (Fsp3) is 0.105. The Morgan fingerprint density at radius 2 is 2.12 bits per heavy atom. The molecule has 3 aromatic rings. The number of benzene rings is 1. The summed E-state index contributed by atoms with van der Waals surface area (Å²) in [6.45, 7) is 0.499. The lowest BCUT2D eigenvalue weighted by molar-refractivity contribution is 0.102. The molecule has 5 nitrogen and oxygen atoms in total. The Bertz CT molecular complexity index is 945. The van der Waals surface area contributed by atoms with Gasteiger partial charge in [0.05, 0.1) is 12.2 Å². The molecule has 0 atom stereocenters. The number of carbonyl (C=O) groups excluding carboxylic acids is 1. The van der Waals surface area contributed by atoms with Crippen molar-refractivity contribution in [3.8, 4) is 16.9 Å². The topological polar surface area (TPSA) is 64.1 Å². The third-order valence-electron chi connectivity index (χ3n) is 4.03. The minimum absolute atomic E-state index is 0.306. The zero-order chi connectivity index (χ0) is 17.2. The Balaban J connectivity index is 1.70. The van der Waals surface area contributed by atoms with Crippen molar-refractivity contribution in [3.05, 3.63) is 71.9 Å². The maximum Gasteiger partial charge on any atom is 0.258 e. The molecule has 1 N–H and O–H groups in total. The summed E-state index contributed by atoms with van der Waals surface area (Å²) < 4.78 is 19.2. The molecule has 1 amide bonds. The number of carbonyl (C=O) groups is 1. The van der Waals surface area contributed by atoms with Gasteiger partial charge in [-0.2, -0.15) is 0 Å². The van der Waals surface area contributed by atoms with Crippen LogP contribution in [0.5, 0.6) is 5.75 Å². The minimum Gasteiger partial charge on any atom is -0.489 e. The van der Waals surface area contributed by atoms with Crippen LogP contribution in [0.4, 0.5) is 10.2 Å². The monoisotopic (exact) mass is 335 g/mol. The van der Waals surface area contributed by atoms with Gasteiger partial charge >= 0.3 is 0 Å². The zero-order valence-electron chi connectivity index (χ0n) is 13.2. The molecule has 6 heteroatoms. The average molecular weight is 335 g/mol. The summed E-state index contributed by atoms with van der Waals surface area (Å²) in [5.41, 5.74) is 2.90. The summed E-state index contributed by atoms with van der Waals surface area (Å²) >= 11 is 0. The largest absolute Gasteiger partial charge is 0.489 e. The quantitative estimate of drug-likeness (QED) is 0.796. The Morgan fingerprint density at radius 3 is 2.92 bits per heavy atom. The molecule has 3 heterocycles. The Kier molecular flexibility index (Phi) is 3.85. The lowest BCUT2D eigenvalue weighted by atomic mass is 10.00. The number of anilines is 1. The number of amides is 1. The fourth-order valence-corrected chi connectivity index (χ4v) is 2.86. The minimum atomic E-state index is -0.309. The Morgan fingerprint density at radius 1 is 1.20 bits per heavy atom. The summed E-state index contributed by atoms with van der Waals surface area (Å²) in [7, 11) is 0. The van der Waals surface area contributed by atoms with Crippen molar-refractivity contribution in [2.75, 3.05) is 11.9 Å². The summed E-state index contributed by atoms with van der Waals surface area (Å²) in [5.74, 6) is 0.288. The predicted molar refractivity (Wildman–Crippen MR) is 91.0 cm³/mol. The van der Waals surface area contributed by atoms with Crippen molar-refractivity contribution in [1.82, 2.24) is 9.97 Å². The number of aromatic nitrogens is 2. The van der Waals surface area contributed by atoms with Gasteiger partial charge in [-0.15, -0.1) is 0 Å². The third-order valence-corrected chi connectivity index (χ3v) is 4.03. The first-order chi connectivity index (χ1) is 12.2. The van der Waals surface area contributed by atoms with E-state index in [1.54, 1.807) is 30.6 Å². The SMILES string of the molecule is O=C(Nc1ncc(-c2cccc(F)c2)c2c1OCC2)c1cccnc1. The van der Waals surface area contributed by atoms with Crippen LogP contribution in [0.3, 0.4) is 0 Å². The molecule has 0 bridgehead atoms. The molecule has 0 saturated heterocycles. The molecule has 0 aliphatic carbocycles. The molecular weight excluding hydrogens is 321 g/mol. The number of halogens is 1. The number of hydrogen-bond donors (Lipinski definition) is 1. The van der Waals surface area contributed by atoms with Crippen LogP contribution in [0.25, 0.3) is 11.1 Å². The molecule has 124 valence electrons. The van der Waals surface area contributed by atoms with Gasteiger partial charge in [-0.25, -0.2) is 9.37 Å². The zero-order valence-corrected chi connectivity index (χ0v) is 13.2. The van der Waals surface area contributed by atoms with E-state index in [-0.39, 0.29) is 11.7 Å². The second-order valence-electron chi connectivity index (χ2n) is 5.63. The first kappa shape index (κ1) is 15.3. The van der Waals surface area contributed by atoms with Gasteiger partial charge in [-0.1, -0.05) is 12.1 Å². The Labute approximate surface area is 143 Å². The number of pyridine rings is 2. The van der Waals surface area contributed by atoms with Crippen LogP contribution in [-0.2, 0) is 6.42 Å². The number of nitrogens with one attached hydrogen (secondary N) is 1. The lowest BCUT2D eigenvalue weighted by Gasteiger charge is -2.12. The molecule has 0 spiro atoms. The Hall–Kier alpha value is -3.28. The summed E-state index contributed by atoms with van der Waals surface area (Å²) in [4.78, 5) is 20.6. The van der Waals surface area contributed by atoms with Crippen molar-refractivity contribution >= 4 is 11.7 Å². The highest BCUT2D eigenvalue weighted by atomic mass is 19.1. The van der Waals surface area contributed by atoms with Crippen LogP contribution in [-0.4, -0.2) is 22.5 Å². The lowest BCUT2D eigenvalue weighted by Crippen LogP contribution is -2.14. The van der Waals surface area contributed by atoms with Crippen LogP contribution < -0.4 is 10.1 Å². The van der Waals surface area contributed by atoms with E-state index in [9.17, 15) is 9.18 Å². The molecular formula is C19H14FN3O2. The van der Waals surface area contributed by atoms with E-state index in [1.165, 1.54) is 18.3 Å². The van der Waals surface area contributed by atoms with Crippen LogP contribution in [0, 0.1) is 5.82 Å². The molecule has 1 aliphatic rings. The van der Waals surface area contributed by atoms with Gasteiger partial charge in [0.1, 0.15) is 5.82 Å². The highest BCUT2D eigenvalue weighted by molar-refractivity contribution is 6.04.